The Morgan fingerprint density at radius 3 is 2.69 bits per heavy atom. The summed E-state index contributed by atoms with van der Waals surface area (Å²) in [5, 5.41) is 3.41. The Labute approximate surface area is 189 Å². The summed E-state index contributed by atoms with van der Waals surface area (Å²) in [5.74, 6) is 1.63. The van der Waals surface area contributed by atoms with E-state index in [0.717, 1.165) is 67.5 Å². The summed E-state index contributed by atoms with van der Waals surface area (Å²) >= 11 is 0. The van der Waals surface area contributed by atoms with Crippen LogP contribution < -0.4 is 19.7 Å². The molecule has 2 fully saturated rings. The van der Waals surface area contributed by atoms with Gasteiger partial charge in [0.1, 0.15) is 17.1 Å². The molecular weight excluding hydrogens is 402 g/mol. The van der Waals surface area contributed by atoms with E-state index >= 15 is 0 Å². The molecule has 32 heavy (non-hydrogen) atoms. The molecule has 2 aliphatic heterocycles. The molecule has 4 heterocycles. The third kappa shape index (κ3) is 4.69. The minimum Gasteiger partial charge on any atom is -0.497 e. The normalized spacial score (nSPS) is 17.2. The van der Waals surface area contributed by atoms with E-state index in [2.05, 4.69) is 44.0 Å². The number of nitrogens with zero attached hydrogens (tertiary/aromatic N) is 4. The highest BCUT2D eigenvalue weighted by Crippen LogP contribution is 2.33. The number of pyridine rings is 1. The number of benzene rings is 1. The second kappa shape index (κ2) is 9.79. The van der Waals surface area contributed by atoms with Crippen LogP contribution in [0.25, 0.3) is 16.9 Å². The lowest BCUT2D eigenvalue weighted by Gasteiger charge is -2.29. The van der Waals surface area contributed by atoms with Gasteiger partial charge in [0, 0.05) is 68.5 Å². The third-order valence-corrected chi connectivity index (χ3v) is 6.47. The zero-order chi connectivity index (χ0) is 21.8. The Morgan fingerprint density at radius 2 is 1.88 bits per heavy atom. The predicted molar refractivity (Wildman–Crippen MR) is 128 cm³/mol. The zero-order valence-corrected chi connectivity index (χ0v) is 18.9. The summed E-state index contributed by atoms with van der Waals surface area (Å²) in [6, 6.07) is 10.3. The summed E-state index contributed by atoms with van der Waals surface area (Å²) in [7, 11) is 1.69. The van der Waals surface area contributed by atoms with E-state index in [1.54, 1.807) is 7.11 Å². The van der Waals surface area contributed by atoms with Gasteiger partial charge in [-0.25, -0.2) is 4.98 Å². The van der Waals surface area contributed by atoms with E-state index in [9.17, 15) is 0 Å². The number of methoxy groups -OCH3 is 1. The largest absolute Gasteiger partial charge is 0.497 e. The van der Waals surface area contributed by atoms with Crippen molar-refractivity contribution in [1.29, 1.82) is 0 Å². The van der Waals surface area contributed by atoms with Gasteiger partial charge in [-0.05, 0) is 50.6 Å². The van der Waals surface area contributed by atoms with Crippen molar-refractivity contribution in [2.45, 2.75) is 19.3 Å². The number of piperazine rings is 1. The number of imidazole rings is 1. The van der Waals surface area contributed by atoms with Crippen LogP contribution >= 0.6 is 0 Å². The van der Waals surface area contributed by atoms with E-state index in [-0.39, 0.29) is 0 Å². The standard InChI is InChI=1S/C25H33N5O2/c1-31-21-5-6-22(24(18-21)32-16-4-12-28-10-2-3-11-28)23-19-30-13-7-20(17-25(30)27-23)29-14-8-26-9-15-29/h5-7,13,17-19,26H,2-4,8-12,14-16H2,1H3. The molecule has 0 radical (unpaired) electrons. The Hall–Kier alpha value is -2.77. The smallest absolute Gasteiger partial charge is 0.139 e. The average Bonchev–Trinajstić information content (AvgIpc) is 3.51. The number of ether oxygens (including phenoxy) is 2. The molecule has 0 amide bonds. The van der Waals surface area contributed by atoms with Crippen LogP contribution in [0.3, 0.4) is 0 Å². The lowest BCUT2D eigenvalue weighted by Crippen LogP contribution is -2.43. The highest BCUT2D eigenvalue weighted by Gasteiger charge is 2.15. The number of hydrogen-bond donors (Lipinski definition) is 1. The molecular formula is C25H33N5O2. The highest BCUT2D eigenvalue weighted by molar-refractivity contribution is 5.71. The minimum atomic E-state index is 0.692. The lowest BCUT2D eigenvalue weighted by atomic mass is 10.1. The van der Waals surface area contributed by atoms with Gasteiger partial charge in [-0.2, -0.15) is 0 Å². The van der Waals surface area contributed by atoms with Crippen LogP contribution in [0.15, 0.2) is 42.7 Å². The highest BCUT2D eigenvalue weighted by atomic mass is 16.5. The number of anilines is 1. The molecule has 3 aromatic rings. The Kier molecular flexibility index (Phi) is 6.46. The van der Waals surface area contributed by atoms with E-state index in [0.29, 0.717) is 6.61 Å². The van der Waals surface area contributed by atoms with Crippen LogP contribution in [-0.4, -0.2) is 73.8 Å². The monoisotopic (exact) mass is 435 g/mol. The second-order valence-corrected chi connectivity index (χ2v) is 8.63. The molecule has 7 heteroatoms. The number of nitrogens with one attached hydrogen (secondary N) is 1. The fourth-order valence-corrected chi connectivity index (χ4v) is 4.66. The Balaban J connectivity index is 1.35. The minimum absolute atomic E-state index is 0.692. The SMILES string of the molecule is COc1ccc(-c2cn3ccc(N4CCNCC4)cc3n2)c(OCCCN2CCCC2)c1. The van der Waals surface area contributed by atoms with Gasteiger partial charge in [-0.1, -0.05) is 0 Å². The van der Waals surface area contributed by atoms with Crippen molar-refractivity contribution in [2.75, 3.05) is 64.4 Å². The second-order valence-electron chi connectivity index (χ2n) is 8.63. The molecule has 1 N–H and O–H groups in total. The van der Waals surface area contributed by atoms with Gasteiger partial charge in [0.2, 0.25) is 0 Å². The van der Waals surface area contributed by atoms with Gasteiger partial charge >= 0.3 is 0 Å². The first-order valence-corrected chi connectivity index (χ1v) is 11.8. The molecule has 2 saturated heterocycles. The van der Waals surface area contributed by atoms with Crippen LogP contribution in [-0.2, 0) is 0 Å². The van der Waals surface area contributed by atoms with Crippen molar-refractivity contribution in [2.24, 2.45) is 0 Å². The summed E-state index contributed by atoms with van der Waals surface area (Å²) < 4.78 is 13.8. The van der Waals surface area contributed by atoms with Crippen molar-refractivity contribution in [3.63, 3.8) is 0 Å². The van der Waals surface area contributed by atoms with Gasteiger partial charge in [0.05, 0.1) is 19.4 Å². The van der Waals surface area contributed by atoms with Gasteiger partial charge in [-0.15, -0.1) is 0 Å². The maximum Gasteiger partial charge on any atom is 0.139 e. The summed E-state index contributed by atoms with van der Waals surface area (Å²) in [6.07, 6.45) is 7.85. The van der Waals surface area contributed by atoms with Gasteiger partial charge in [-0.3, -0.25) is 0 Å². The first kappa shape index (κ1) is 21.1. The molecule has 0 atom stereocenters. The number of fused-ring (bicyclic) bond motifs is 1. The predicted octanol–water partition coefficient (Wildman–Crippen LogP) is 3.28. The van der Waals surface area contributed by atoms with Crippen molar-refractivity contribution < 1.29 is 9.47 Å². The third-order valence-electron chi connectivity index (χ3n) is 6.47. The molecule has 0 unspecified atom stereocenters. The molecule has 2 aliphatic rings. The molecule has 0 spiro atoms. The quantitative estimate of drug-likeness (QED) is 0.548. The van der Waals surface area contributed by atoms with Crippen LogP contribution in [0.5, 0.6) is 11.5 Å². The maximum atomic E-state index is 6.24. The zero-order valence-electron chi connectivity index (χ0n) is 18.9. The van der Waals surface area contributed by atoms with Crippen molar-refractivity contribution in [3.05, 3.63) is 42.7 Å². The fraction of sp³-hybridized carbons (Fsp3) is 0.480. The van der Waals surface area contributed by atoms with Crippen molar-refractivity contribution in [3.8, 4) is 22.8 Å². The fourth-order valence-electron chi connectivity index (χ4n) is 4.66. The van der Waals surface area contributed by atoms with Crippen LogP contribution in [0.1, 0.15) is 19.3 Å². The molecule has 5 rings (SSSR count). The van der Waals surface area contributed by atoms with Crippen LogP contribution in [0.2, 0.25) is 0 Å². The summed E-state index contributed by atoms with van der Waals surface area (Å²) in [6.45, 7) is 8.34. The van der Waals surface area contributed by atoms with Gasteiger partial charge < -0.3 is 29.0 Å². The van der Waals surface area contributed by atoms with Gasteiger partial charge in [0.15, 0.2) is 0 Å². The first-order chi connectivity index (χ1) is 15.8. The van der Waals surface area contributed by atoms with E-state index in [4.69, 9.17) is 14.5 Å². The number of hydrogen-bond acceptors (Lipinski definition) is 6. The number of rotatable bonds is 8. The van der Waals surface area contributed by atoms with Crippen LogP contribution in [0, 0.1) is 0 Å². The molecule has 1 aromatic carbocycles. The number of likely N-dealkylation sites (tertiary alicyclic amines) is 1. The van der Waals surface area contributed by atoms with Gasteiger partial charge in [0.25, 0.3) is 0 Å². The summed E-state index contributed by atoms with van der Waals surface area (Å²) in [4.78, 5) is 9.87. The van der Waals surface area contributed by atoms with Crippen molar-refractivity contribution >= 4 is 11.3 Å². The molecule has 7 nitrogen and oxygen atoms in total. The van der Waals surface area contributed by atoms with E-state index < -0.39 is 0 Å². The molecule has 0 bridgehead atoms. The Morgan fingerprint density at radius 1 is 1.03 bits per heavy atom. The molecule has 170 valence electrons. The van der Waals surface area contributed by atoms with E-state index in [1.165, 1.54) is 31.6 Å². The Bertz CT molecular complexity index is 1040. The average molecular weight is 436 g/mol. The molecule has 0 saturated carbocycles. The topological polar surface area (TPSA) is 54.3 Å². The lowest BCUT2D eigenvalue weighted by molar-refractivity contribution is 0.263. The molecule has 0 aliphatic carbocycles. The first-order valence-electron chi connectivity index (χ1n) is 11.8. The van der Waals surface area contributed by atoms with Crippen LogP contribution in [0.4, 0.5) is 5.69 Å². The number of aromatic nitrogens is 2. The summed E-state index contributed by atoms with van der Waals surface area (Å²) in [5.41, 5.74) is 4.09. The maximum absolute atomic E-state index is 6.24. The van der Waals surface area contributed by atoms with Crippen molar-refractivity contribution in [1.82, 2.24) is 19.6 Å². The molecule has 2 aromatic heterocycles. The van der Waals surface area contributed by atoms with E-state index in [1.807, 2.05) is 18.2 Å².